The summed E-state index contributed by atoms with van der Waals surface area (Å²) < 4.78 is 0. The molecule has 0 radical (unpaired) electrons. The number of piperidine rings is 1. The van der Waals surface area contributed by atoms with E-state index in [1.165, 1.54) is 0 Å². The Bertz CT molecular complexity index is 350. The highest BCUT2D eigenvalue weighted by atomic mass is 16.2. The number of carbonyl (C=O) groups is 1. The third-order valence-corrected chi connectivity index (χ3v) is 2.68. The number of rotatable bonds is 2. The molecule has 1 aromatic rings. The van der Waals surface area contributed by atoms with E-state index in [0.717, 1.165) is 25.9 Å². The lowest BCUT2D eigenvalue weighted by molar-refractivity contribution is 0.0921. The van der Waals surface area contributed by atoms with Crippen molar-refractivity contribution in [1.82, 2.24) is 20.6 Å². The zero-order chi connectivity index (χ0) is 15.2. The molecule has 0 saturated carbocycles. The highest BCUT2D eigenvalue weighted by Crippen LogP contribution is 2.01. The maximum atomic E-state index is 11.5. The molecule has 2 rings (SSSR count). The molecule has 0 bridgehead atoms. The predicted octanol–water partition coefficient (Wildman–Crippen LogP) is 2.50. The fourth-order valence-electron chi connectivity index (χ4n) is 1.62. The molecule has 1 atom stereocenters. The molecule has 1 unspecified atom stereocenters. The van der Waals surface area contributed by atoms with Gasteiger partial charge in [0.05, 0.1) is 0 Å². The lowest BCUT2D eigenvalue weighted by Gasteiger charge is -2.23. The van der Waals surface area contributed by atoms with Crippen molar-refractivity contribution in [2.24, 2.45) is 0 Å². The number of nitrogens with one attached hydrogen (secondary N) is 3. The summed E-state index contributed by atoms with van der Waals surface area (Å²) in [7, 11) is 0. The van der Waals surface area contributed by atoms with Gasteiger partial charge in [0.25, 0.3) is 5.91 Å². The number of H-pyrrole nitrogens is 1. The standard InChI is InChI=1S/C9H14N4O.C4H8.C2H6/c14-9(8-11-4-5-12-8)13-7-2-1-3-10-6-7;1-3-4-2;1-2/h4-5,7,10H,1-3,6H2,(H,11,12)(H,13,14);3-4H,1-2H3;1-2H3/b;4-3+;. The Balaban J connectivity index is 0.000000521. The van der Waals surface area contributed by atoms with E-state index < -0.39 is 0 Å². The van der Waals surface area contributed by atoms with Crippen molar-refractivity contribution in [2.45, 2.75) is 46.6 Å². The van der Waals surface area contributed by atoms with Gasteiger partial charge >= 0.3 is 0 Å². The van der Waals surface area contributed by atoms with Crippen molar-refractivity contribution in [2.75, 3.05) is 13.1 Å². The molecule has 5 nitrogen and oxygen atoms in total. The fourth-order valence-corrected chi connectivity index (χ4v) is 1.62. The van der Waals surface area contributed by atoms with Crippen molar-refractivity contribution in [3.63, 3.8) is 0 Å². The maximum absolute atomic E-state index is 11.5. The van der Waals surface area contributed by atoms with Crippen LogP contribution in [0, 0.1) is 0 Å². The topological polar surface area (TPSA) is 69.8 Å². The third kappa shape index (κ3) is 7.74. The van der Waals surface area contributed by atoms with Crippen molar-refractivity contribution < 1.29 is 4.79 Å². The Morgan fingerprint density at radius 2 is 2.10 bits per heavy atom. The van der Waals surface area contributed by atoms with Gasteiger partial charge in [0.1, 0.15) is 0 Å². The van der Waals surface area contributed by atoms with Crippen molar-refractivity contribution >= 4 is 5.91 Å². The highest BCUT2D eigenvalue weighted by molar-refractivity contribution is 5.90. The van der Waals surface area contributed by atoms with Gasteiger partial charge in [-0.2, -0.15) is 0 Å². The molecule has 1 fully saturated rings. The van der Waals surface area contributed by atoms with E-state index in [0.29, 0.717) is 5.82 Å². The predicted molar refractivity (Wildman–Crippen MR) is 83.8 cm³/mol. The molecule has 1 aliphatic heterocycles. The molecule has 3 N–H and O–H groups in total. The first-order valence-corrected chi connectivity index (χ1v) is 7.36. The molecule has 5 heteroatoms. The molecule has 20 heavy (non-hydrogen) atoms. The number of carbonyl (C=O) groups excluding carboxylic acids is 1. The normalized spacial score (nSPS) is 17.5. The van der Waals surface area contributed by atoms with E-state index in [1.54, 1.807) is 12.4 Å². The van der Waals surface area contributed by atoms with Crippen LogP contribution in [-0.2, 0) is 0 Å². The van der Waals surface area contributed by atoms with Gasteiger partial charge < -0.3 is 15.6 Å². The van der Waals surface area contributed by atoms with Crippen LogP contribution >= 0.6 is 0 Å². The van der Waals surface area contributed by atoms with Gasteiger partial charge in [-0.15, -0.1) is 0 Å². The van der Waals surface area contributed by atoms with E-state index in [1.807, 2.05) is 39.8 Å². The van der Waals surface area contributed by atoms with Crippen LogP contribution in [0.4, 0.5) is 0 Å². The zero-order valence-corrected chi connectivity index (χ0v) is 13.1. The first-order valence-electron chi connectivity index (χ1n) is 7.36. The van der Waals surface area contributed by atoms with E-state index in [-0.39, 0.29) is 11.9 Å². The molecule has 1 aliphatic rings. The Kier molecular flexibility index (Phi) is 11.4. The molecule has 0 aliphatic carbocycles. The molecule has 2 heterocycles. The monoisotopic (exact) mass is 280 g/mol. The number of nitrogens with zero attached hydrogens (tertiary/aromatic N) is 1. The smallest absolute Gasteiger partial charge is 0.287 e. The Morgan fingerprint density at radius 1 is 1.40 bits per heavy atom. The summed E-state index contributed by atoms with van der Waals surface area (Å²) in [4.78, 5) is 18.2. The summed E-state index contributed by atoms with van der Waals surface area (Å²) >= 11 is 0. The van der Waals surface area contributed by atoms with Crippen molar-refractivity contribution in [1.29, 1.82) is 0 Å². The van der Waals surface area contributed by atoms with Gasteiger partial charge in [-0.1, -0.05) is 26.0 Å². The van der Waals surface area contributed by atoms with Crippen molar-refractivity contribution in [3.05, 3.63) is 30.4 Å². The Morgan fingerprint density at radius 3 is 2.55 bits per heavy atom. The summed E-state index contributed by atoms with van der Waals surface area (Å²) in [5, 5.41) is 6.17. The van der Waals surface area contributed by atoms with Crippen LogP contribution in [0.1, 0.15) is 51.2 Å². The van der Waals surface area contributed by atoms with E-state index in [2.05, 4.69) is 20.6 Å². The first-order chi connectivity index (χ1) is 9.77. The van der Waals surface area contributed by atoms with E-state index >= 15 is 0 Å². The number of imidazole rings is 1. The molecule has 0 aromatic carbocycles. The van der Waals surface area contributed by atoms with Gasteiger partial charge in [-0.3, -0.25) is 4.79 Å². The quantitative estimate of drug-likeness (QED) is 0.729. The van der Waals surface area contributed by atoms with Gasteiger partial charge in [0, 0.05) is 25.0 Å². The second kappa shape index (κ2) is 12.4. The minimum Gasteiger partial charge on any atom is -0.345 e. The van der Waals surface area contributed by atoms with Crippen LogP contribution in [0.3, 0.4) is 0 Å². The molecular weight excluding hydrogens is 252 g/mol. The van der Waals surface area contributed by atoms with Crippen LogP contribution in [0.15, 0.2) is 24.5 Å². The molecular formula is C15H28N4O. The lowest BCUT2D eigenvalue weighted by atomic mass is 10.1. The second-order valence-corrected chi connectivity index (χ2v) is 4.12. The number of allylic oxidation sites excluding steroid dienone is 2. The van der Waals surface area contributed by atoms with Gasteiger partial charge in [-0.25, -0.2) is 4.98 Å². The third-order valence-electron chi connectivity index (χ3n) is 2.68. The number of amides is 1. The summed E-state index contributed by atoms with van der Waals surface area (Å²) in [6.07, 6.45) is 9.38. The summed E-state index contributed by atoms with van der Waals surface area (Å²) in [6.45, 7) is 9.90. The summed E-state index contributed by atoms with van der Waals surface area (Å²) in [6, 6.07) is 0.237. The van der Waals surface area contributed by atoms with E-state index in [4.69, 9.17) is 0 Å². The largest absolute Gasteiger partial charge is 0.345 e. The minimum absolute atomic E-state index is 0.122. The minimum atomic E-state index is -0.122. The Labute approximate surface area is 122 Å². The average molecular weight is 280 g/mol. The maximum Gasteiger partial charge on any atom is 0.287 e. The molecule has 1 saturated heterocycles. The Hall–Kier alpha value is -1.62. The van der Waals surface area contributed by atoms with E-state index in [9.17, 15) is 4.79 Å². The van der Waals surface area contributed by atoms with Crippen LogP contribution in [0.2, 0.25) is 0 Å². The molecule has 1 amide bonds. The molecule has 114 valence electrons. The number of aromatic amines is 1. The van der Waals surface area contributed by atoms with Gasteiger partial charge in [0.2, 0.25) is 0 Å². The van der Waals surface area contributed by atoms with Gasteiger partial charge in [0.15, 0.2) is 5.82 Å². The second-order valence-electron chi connectivity index (χ2n) is 4.12. The van der Waals surface area contributed by atoms with Crippen LogP contribution in [0.25, 0.3) is 0 Å². The lowest BCUT2D eigenvalue weighted by Crippen LogP contribution is -2.45. The highest BCUT2D eigenvalue weighted by Gasteiger charge is 2.16. The number of hydrogen-bond acceptors (Lipinski definition) is 3. The first kappa shape index (κ1) is 18.4. The average Bonchev–Trinajstić information content (AvgIpc) is 3.05. The number of hydrogen-bond donors (Lipinski definition) is 3. The van der Waals surface area contributed by atoms with Gasteiger partial charge in [-0.05, 0) is 33.2 Å². The fraction of sp³-hybridized carbons (Fsp3) is 0.600. The van der Waals surface area contributed by atoms with Crippen LogP contribution in [-0.4, -0.2) is 35.0 Å². The summed E-state index contributed by atoms with van der Waals surface area (Å²) in [5.41, 5.74) is 0. The number of aromatic nitrogens is 2. The summed E-state index contributed by atoms with van der Waals surface area (Å²) in [5.74, 6) is 0.263. The SMILES string of the molecule is C/C=C/C.CC.O=C(NC1CCCNC1)c1ncc[nH]1. The molecule has 0 spiro atoms. The molecule has 1 aromatic heterocycles. The van der Waals surface area contributed by atoms with Crippen LogP contribution in [0.5, 0.6) is 0 Å². The van der Waals surface area contributed by atoms with Crippen LogP contribution < -0.4 is 10.6 Å². The van der Waals surface area contributed by atoms with Crippen molar-refractivity contribution in [3.8, 4) is 0 Å². The zero-order valence-electron chi connectivity index (χ0n) is 13.1.